The Bertz CT molecular complexity index is 1470. The summed E-state index contributed by atoms with van der Waals surface area (Å²) >= 11 is 6.44. The van der Waals surface area contributed by atoms with E-state index >= 15 is 0 Å². The minimum Gasteiger partial charge on any atom is -0.494 e. The molecule has 1 aliphatic carbocycles. The largest absolute Gasteiger partial charge is 0.494 e. The van der Waals surface area contributed by atoms with Crippen molar-refractivity contribution < 1.29 is 22.7 Å². The molecule has 224 valence electrons. The lowest BCUT2D eigenvalue weighted by molar-refractivity contribution is -0.139. The van der Waals surface area contributed by atoms with Crippen LogP contribution in [0.15, 0.2) is 77.7 Å². The summed E-state index contributed by atoms with van der Waals surface area (Å²) in [4.78, 5) is 28.8. The van der Waals surface area contributed by atoms with E-state index in [4.69, 9.17) is 16.3 Å². The number of hydrogen-bond donors (Lipinski definition) is 1. The van der Waals surface area contributed by atoms with Gasteiger partial charge < -0.3 is 15.0 Å². The zero-order chi connectivity index (χ0) is 30.3. The second-order valence-corrected chi connectivity index (χ2v) is 12.8. The van der Waals surface area contributed by atoms with Gasteiger partial charge in [0.05, 0.1) is 17.2 Å². The fraction of sp³-hybridized carbons (Fsp3) is 0.375. The quantitative estimate of drug-likeness (QED) is 0.283. The molecule has 0 radical (unpaired) electrons. The number of carbonyl (C=O) groups excluding carboxylic acids is 2. The number of ether oxygens (including phenoxy) is 1. The van der Waals surface area contributed by atoms with Crippen molar-refractivity contribution >= 4 is 39.1 Å². The first-order chi connectivity index (χ1) is 20.1. The topological polar surface area (TPSA) is 96.0 Å². The molecule has 4 rings (SSSR count). The number of sulfonamides is 1. The molecule has 1 fully saturated rings. The van der Waals surface area contributed by atoms with Crippen LogP contribution in [0.5, 0.6) is 5.75 Å². The Hall–Kier alpha value is -3.56. The fourth-order valence-corrected chi connectivity index (χ4v) is 6.64. The Morgan fingerprint density at radius 2 is 1.64 bits per heavy atom. The lowest BCUT2D eigenvalue weighted by Gasteiger charge is -2.32. The third kappa shape index (κ3) is 7.63. The predicted octanol–water partition coefficient (Wildman–Crippen LogP) is 5.72. The van der Waals surface area contributed by atoms with Crippen molar-refractivity contribution in [1.29, 1.82) is 0 Å². The van der Waals surface area contributed by atoms with Crippen molar-refractivity contribution in [3.05, 3.63) is 88.9 Å². The molecule has 1 N–H and O–H groups in total. The van der Waals surface area contributed by atoms with E-state index in [2.05, 4.69) is 5.32 Å². The van der Waals surface area contributed by atoms with Crippen molar-refractivity contribution in [3.63, 3.8) is 0 Å². The molecule has 8 nitrogen and oxygen atoms in total. The number of nitrogens with one attached hydrogen (secondary N) is 1. The van der Waals surface area contributed by atoms with Crippen LogP contribution in [-0.2, 0) is 26.2 Å². The molecule has 42 heavy (non-hydrogen) atoms. The Morgan fingerprint density at radius 3 is 2.26 bits per heavy atom. The lowest BCUT2D eigenvalue weighted by atomic mass is 10.1. The van der Waals surface area contributed by atoms with E-state index in [0.29, 0.717) is 28.6 Å². The number of benzene rings is 3. The highest BCUT2D eigenvalue weighted by Crippen LogP contribution is 2.27. The van der Waals surface area contributed by atoms with E-state index in [9.17, 15) is 18.0 Å². The molecular weight excluding hydrogens is 574 g/mol. The van der Waals surface area contributed by atoms with Crippen molar-refractivity contribution in [2.45, 2.75) is 70.0 Å². The molecule has 3 aromatic carbocycles. The highest BCUT2D eigenvalue weighted by atomic mass is 35.5. The molecule has 10 heteroatoms. The van der Waals surface area contributed by atoms with Crippen molar-refractivity contribution in [2.24, 2.45) is 0 Å². The van der Waals surface area contributed by atoms with Gasteiger partial charge in [-0.15, -0.1) is 0 Å². The van der Waals surface area contributed by atoms with Gasteiger partial charge in [0.1, 0.15) is 18.3 Å². The Kier molecular flexibility index (Phi) is 10.5. The summed E-state index contributed by atoms with van der Waals surface area (Å²) in [6.45, 7) is 5.39. The normalized spacial score (nSPS) is 14.3. The molecule has 0 heterocycles. The van der Waals surface area contributed by atoms with Gasteiger partial charge in [0.2, 0.25) is 11.8 Å². The van der Waals surface area contributed by atoms with Crippen LogP contribution < -0.4 is 14.4 Å². The number of anilines is 1. The van der Waals surface area contributed by atoms with E-state index in [1.54, 1.807) is 61.5 Å². The maximum absolute atomic E-state index is 14.1. The minimum absolute atomic E-state index is 0.0176. The SMILES string of the molecule is CCOc1ccc(S(=O)(=O)N(CC(=O)N(Cc2ccccc2Cl)C(C)C(=O)NC2CCCC2)c2ccc(C)cc2)cc1. The molecule has 0 saturated heterocycles. The minimum atomic E-state index is -4.17. The van der Waals surface area contributed by atoms with Crippen LogP contribution in [0.1, 0.15) is 50.7 Å². The van der Waals surface area contributed by atoms with Gasteiger partial charge in [-0.05, 0) is 81.6 Å². The van der Waals surface area contributed by atoms with E-state index in [1.807, 2.05) is 19.9 Å². The smallest absolute Gasteiger partial charge is 0.264 e. The summed E-state index contributed by atoms with van der Waals surface area (Å²) in [5.41, 5.74) is 1.94. The van der Waals surface area contributed by atoms with Gasteiger partial charge in [0.25, 0.3) is 10.0 Å². The molecular formula is C32H38ClN3O5S. The van der Waals surface area contributed by atoms with Crippen LogP contribution in [0, 0.1) is 6.92 Å². The Morgan fingerprint density at radius 1 is 1.00 bits per heavy atom. The average molecular weight is 612 g/mol. The van der Waals surface area contributed by atoms with Gasteiger partial charge in [-0.25, -0.2) is 8.42 Å². The van der Waals surface area contributed by atoms with Gasteiger partial charge in [0, 0.05) is 17.6 Å². The molecule has 1 saturated carbocycles. The summed E-state index contributed by atoms with van der Waals surface area (Å²) < 4.78 is 34.6. The average Bonchev–Trinajstić information content (AvgIpc) is 3.49. The predicted molar refractivity (Wildman–Crippen MR) is 165 cm³/mol. The van der Waals surface area contributed by atoms with E-state index < -0.39 is 28.5 Å². The second-order valence-electron chi connectivity index (χ2n) is 10.5. The molecule has 1 aliphatic rings. The van der Waals surface area contributed by atoms with Gasteiger partial charge >= 0.3 is 0 Å². The van der Waals surface area contributed by atoms with Gasteiger partial charge in [-0.2, -0.15) is 0 Å². The number of carbonyl (C=O) groups is 2. The number of aryl methyl sites for hydroxylation is 1. The molecule has 3 aromatic rings. The Balaban J connectivity index is 1.68. The van der Waals surface area contributed by atoms with Crippen molar-refractivity contribution in [1.82, 2.24) is 10.2 Å². The fourth-order valence-electron chi connectivity index (χ4n) is 5.03. The first-order valence-corrected chi connectivity index (χ1v) is 16.1. The highest BCUT2D eigenvalue weighted by molar-refractivity contribution is 7.92. The molecule has 0 aromatic heterocycles. The zero-order valence-corrected chi connectivity index (χ0v) is 25.8. The van der Waals surface area contributed by atoms with Crippen LogP contribution in [0.3, 0.4) is 0 Å². The third-order valence-electron chi connectivity index (χ3n) is 7.49. The van der Waals surface area contributed by atoms with Crippen molar-refractivity contribution in [3.8, 4) is 5.75 Å². The Labute approximate surface area is 253 Å². The van der Waals surface area contributed by atoms with Crippen LogP contribution in [0.4, 0.5) is 5.69 Å². The van der Waals surface area contributed by atoms with Crippen molar-refractivity contribution in [2.75, 3.05) is 17.5 Å². The van der Waals surface area contributed by atoms with E-state index in [0.717, 1.165) is 35.6 Å². The maximum atomic E-state index is 14.1. The van der Waals surface area contributed by atoms with Crippen LogP contribution in [-0.4, -0.2) is 50.4 Å². The first kappa shape index (κ1) is 31.4. The molecule has 0 aliphatic heterocycles. The number of amides is 2. The first-order valence-electron chi connectivity index (χ1n) is 14.3. The van der Waals surface area contributed by atoms with Gasteiger partial charge in [-0.1, -0.05) is 60.3 Å². The molecule has 1 atom stereocenters. The maximum Gasteiger partial charge on any atom is 0.264 e. The van der Waals surface area contributed by atoms with E-state index in [1.165, 1.54) is 17.0 Å². The third-order valence-corrected chi connectivity index (χ3v) is 9.65. The standard InChI is InChI=1S/C32H38ClN3O5S/c1-4-41-28-17-19-29(20-18-28)42(39,40)36(27-15-13-23(2)14-16-27)22-31(37)35(21-25-9-5-8-12-30(25)33)24(3)32(38)34-26-10-6-7-11-26/h5,8-9,12-20,24,26H,4,6-7,10-11,21-22H2,1-3H3,(H,34,38). The summed E-state index contributed by atoms with van der Waals surface area (Å²) in [6, 6.07) is 19.3. The number of hydrogen-bond acceptors (Lipinski definition) is 5. The second kappa shape index (κ2) is 14.1. The highest BCUT2D eigenvalue weighted by Gasteiger charge is 2.33. The number of halogens is 1. The summed E-state index contributed by atoms with van der Waals surface area (Å²) in [5.74, 6) is -0.264. The molecule has 1 unspecified atom stereocenters. The van der Waals surface area contributed by atoms with Crippen LogP contribution in [0.25, 0.3) is 0 Å². The number of rotatable bonds is 12. The van der Waals surface area contributed by atoms with Gasteiger partial charge in [0.15, 0.2) is 0 Å². The van der Waals surface area contributed by atoms with Crippen LogP contribution >= 0.6 is 11.6 Å². The van der Waals surface area contributed by atoms with Crippen LogP contribution in [0.2, 0.25) is 5.02 Å². The number of nitrogens with zero attached hydrogens (tertiary/aromatic N) is 2. The monoisotopic (exact) mass is 611 g/mol. The molecule has 0 bridgehead atoms. The lowest BCUT2D eigenvalue weighted by Crippen LogP contribution is -2.52. The van der Waals surface area contributed by atoms with E-state index in [-0.39, 0.29) is 23.4 Å². The summed E-state index contributed by atoms with van der Waals surface area (Å²) in [7, 11) is -4.17. The molecule has 2 amide bonds. The summed E-state index contributed by atoms with van der Waals surface area (Å²) in [6.07, 6.45) is 3.91. The zero-order valence-electron chi connectivity index (χ0n) is 24.3. The summed E-state index contributed by atoms with van der Waals surface area (Å²) in [5, 5.41) is 3.52. The molecule has 0 spiro atoms. The van der Waals surface area contributed by atoms with Gasteiger partial charge in [-0.3, -0.25) is 13.9 Å².